The summed E-state index contributed by atoms with van der Waals surface area (Å²) in [6.45, 7) is 11.7. The van der Waals surface area contributed by atoms with E-state index in [4.69, 9.17) is 0 Å². The van der Waals surface area contributed by atoms with E-state index in [2.05, 4.69) is 15.1 Å². The van der Waals surface area contributed by atoms with Gasteiger partial charge in [0.1, 0.15) is 0 Å². The Morgan fingerprint density at radius 1 is 1.04 bits per heavy atom. The van der Waals surface area contributed by atoms with Crippen LogP contribution in [0.2, 0.25) is 0 Å². The largest absolute Gasteiger partial charge is 0.342 e. The molecule has 1 aromatic carbocycles. The molecule has 2 amide bonds. The van der Waals surface area contributed by atoms with Gasteiger partial charge in [0.15, 0.2) is 0 Å². The van der Waals surface area contributed by atoms with Gasteiger partial charge in [-0.25, -0.2) is 0 Å². The lowest BCUT2D eigenvalue weighted by Gasteiger charge is -2.34. The van der Waals surface area contributed by atoms with E-state index >= 15 is 0 Å². The normalized spacial score (nSPS) is 15.8. The number of anilines is 1. The number of likely N-dealkylation sites (N-methyl/N-ethyl adjacent to an activating group) is 1. The SMILES string of the molecule is CCN(CC)C(=O)CN1CCN(CC(=O)Nc2cccc(C)c2)CC1. The highest BCUT2D eigenvalue weighted by Crippen LogP contribution is 2.10. The van der Waals surface area contributed by atoms with E-state index in [-0.39, 0.29) is 11.8 Å². The van der Waals surface area contributed by atoms with E-state index in [1.54, 1.807) is 0 Å². The van der Waals surface area contributed by atoms with Gasteiger partial charge in [-0.15, -0.1) is 0 Å². The molecule has 138 valence electrons. The van der Waals surface area contributed by atoms with Crippen molar-refractivity contribution in [2.45, 2.75) is 20.8 Å². The second-order valence-electron chi connectivity index (χ2n) is 6.54. The zero-order valence-electron chi connectivity index (χ0n) is 15.6. The van der Waals surface area contributed by atoms with E-state index in [1.807, 2.05) is 49.9 Å². The molecule has 2 rings (SSSR count). The molecule has 1 aliphatic rings. The molecule has 0 radical (unpaired) electrons. The van der Waals surface area contributed by atoms with Crippen molar-refractivity contribution in [2.75, 3.05) is 57.7 Å². The van der Waals surface area contributed by atoms with Crippen LogP contribution in [0.3, 0.4) is 0 Å². The molecule has 0 spiro atoms. The van der Waals surface area contributed by atoms with Crippen LogP contribution in [0.25, 0.3) is 0 Å². The Kier molecular flexibility index (Phi) is 7.40. The zero-order valence-corrected chi connectivity index (χ0v) is 15.6. The summed E-state index contributed by atoms with van der Waals surface area (Å²) in [5.41, 5.74) is 1.97. The summed E-state index contributed by atoms with van der Waals surface area (Å²) in [7, 11) is 0. The van der Waals surface area contributed by atoms with Gasteiger partial charge in [0.05, 0.1) is 13.1 Å². The van der Waals surface area contributed by atoms with Crippen molar-refractivity contribution in [3.8, 4) is 0 Å². The molecule has 0 bridgehead atoms. The quantitative estimate of drug-likeness (QED) is 0.811. The molecule has 0 saturated carbocycles. The minimum absolute atomic E-state index is 0.0123. The smallest absolute Gasteiger partial charge is 0.238 e. The predicted molar refractivity (Wildman–Crippen MR) is 101 cm³/mol. The molecule has 25 heavy (non-hydrogen) atoms. The van der Waals surface area contributed by atoms with Gasteiger partial charge >= 0.3 is 0 Å². The Balaban J connectivity index is 1.73. The van der Waals surface area contributed by atoms with Gasteiger partial charge in [-0.1, -0.05) is 12.1 Å². The lowest BCUT2D eigenvalue weighted by molar-refractivity contribution is -0.132. The molecule has 0 atom stereocenters. The highest BCUT2D eigenvalue weighted by atomic mass is 16.2. The van der Waals surface area contributed by atoms with E-state index in [0.717, 1.165) is 50.5 Å². The third kappa shape index (κ3) is 6.14. The van der Waals surface area contributed by atoms with Gasteiger partial charge in [-0.2, -0.15) is 0 Å². The Morgan fingerprint density at radius 3 is 2.20 bits per heavy atom. The van der Waals surface area contributed by atoms with Crippen molar-refractivity contribution in [3.63, 3.8) is 0 Å². The molecule has 1 N–H and O–H groups in total. The molecule has 1 aromatic rings. The van der Waals surface area contributed by atoms with Gasteiger partial charge in [0.2, 0.25) is 11.8 Å². The average Bonchev–Trinajstić information content (AvgIpc) is 2.57. The number of hydrogen-bond donors (Lipinski definition) is 1. The van der Waals surface area contributed by atoms with Crippen molar-refractivity contribution in [1.82, 2.24) is 14.7 Å². The summed E-state index contributed by atoms with van der Waals surface area (Å²) in [4.78, 5) is 30.5. The fraction of sp³-hybridized carbons (Fsp3) is 0.579. The summed E-state index contributed by atoms with van der Waals surface area (Å²) in [5.74, 6) is 0.203. The summed E-state index contributed by atoms with van der Waals surface area (Å²) in [6, 6.07) is 7.82. The molecule has 1 saturated heterocycles. The van der Waals surface area contributed by atoms with Crippen LogP contribution in [0.1, 0.15) is 19.4 Å². The first-order valence-corrected chi connectivity index (χ1v) is 9.10. The molecule has 6 nitrogen and oxygen atoms in total. The van der Waals surface area contributed by atoms with Crippen LogP contribution < -0.4 is 5.32 Å². The maximum absolute atomic E-state index is 12.2. The van der Waals surface area contributed by atoms with Crippen LogP contribution in [-0.2, 0) is 9.59 Å². The van der Waals surface area contributed by atoms with Gasteiger partial charge < -0.3 is 10.2 Å². The first-order chi connectivity index (χ1) is 12.0. The summed E-state index contributed by atoms with van der Waals surface area (Å²) in [6.07, 6.45) is 0. The Hall–Kier alpha value is -1.92. The standard InChI is InChI=1S/C19H30N4O2/c1-4-23(5-2)19(25)15-22-11-9-21(10-12-22)14-18(24)20-17-8-6-7-16(3)13-17/h6-8,13H,4-5,9-12,14-15H2,1-3H3,(H,20,24). The second kappa shape index (κ2) is 9.53. The van der Waals surface area contributed by atoms with E-state index in [1.165, 1.54) is 0 Å². The first-order valence-electron chi connectivity index (χ1n) is 9.10. The average molecular weight is 346 g/mol. The van der Waals surface area contributed by atoms with Crippen LogP contribution in [0, 0.1) is 6.92 Å². The number of benzene rings is 1. The summed E-state index contributed by atoms with van der Waals surface area (Å²) in [5, 5.41) is 2.95. The van der Waals surface area contributed by atoms with Crippen LogP contribution >= 0.6 is 0 Å². The van der Waals surface area contributed by atoms with Gasteiger partial charge in [-0.3, -0.25) is 19.4 Å². The second-order valence-corrected chi connectivity index (χ2v) is 6.54. The molecule has 1 aliphatic heterocycles. The van der Waals surface area contributed by atoms with Crippen molar-refractivity contribution in [2.24, 2.45) is 0 Å². The van der Waals surface area contributed by atoms with Gasteiger partial charge in [0.25, 0.3) is 0 Å². The monoisotopic (exact) mass is 346 g/mol. The Labute approximate surface area is 150 Å². The third-order valence-electron chi connectivity index (χ3n) is 4.61. The molecule has 6 heteroatoms. The maximum atomic E-state index is 12.2. The number of hydrogen-bond acceptors (Lipinski definition) is 4. The summed E-state index contributed by atoms with van der Waals surface area (Å²) >= 11 is 0. The molecular formula is C19H30N4O2. The van der Waals surface area contributed by atoms with Crippen molar-refractivity contribution < 1.29 is 9.59 Å². The van der Waals surface area contributed by atoms with Crippen LogP contribution in [0.5, 0.6) is 0 Å². The number of rotatable bonds is 7. The van der Waals surface area contributed by atoms with Crippen molar-refractivity contribution >= 4 is 17.5 Å². The van der Waals surface area contributed by atoms with Crippen LogP contribution in [0.4, 0.5) is 5.69 Å². The molecule has 1 heterocycles. The Bertz CT molecular complexity index is 579. The van der Waals surface area contributed by atoms with Gasteiger partial charge in [-0.05, 0) is 38.5 Å². The fourth-order valence-electron chi connectivity index (χ4n) is 3.10. The Morgan fingerprint density at radius 2 is 1.64 bits per heavy atom. The van der Waals surface area contributed by atoms with Crippen LogP contribution in [0.15, 0.2) is 24.3 Å². The van der Waals surface area contributed by atoms with E-state index < -0.39 is 0 Å². The number of nitrogens with zero attached hydrogens (tertiary/aromatic N) is 3. The number of aryl methyl sites for hydroxylation is 1. The van der Waals surface area contributed by atoms with Crippen molar-refractivity contribution in [1.29, 1.82) is 0 Å². The van der Waals surface area contributed by atoms with Crippen molar-refractivity contribution in [3.05, 3.63) is 29.8 Å². The zero-order chi connectivity index (χ0) is 18.2. The lowest BCUT2D eigenvalue weighted by atomic mass is 10.2. The molecule has 0 aromatic heterocycles. The lowest BCUT2D eigenvalue weighted by Crippen LogP contribution is -2.51. The van der Waals surface area contributed by atoms with Gasteiger partial charge in [0, 0.05) is 45.0 Å². The van der Waals surface area contributed by atoms with Crippen LogP contribution in [-0.4, -0.2) is 78.9 Å². The fourth-order valence-corrected chi connectivity index (χ4v) is 3.10. The molecular weight excluding hydrogens is 316 g/mol. The topological polar surface area (TPSA) is 55.9 Å². The third-order valence-corrected chi connectivity index (χ3v) is 4.61. The molecule has 0 aliphatic carbocycles. The minimum atomic E-state index is 0.0123. The maximum Gasteiger partial charge on any atom is 0.238 e. The highest BCUT2D eigenvalue weighted by Gasteiger charge is 2.22. The number of carbonyl (C=O) groups excluding carboxylic acids is 2. The van der Waals surface area contributed by atoms with E-state index in [9.17, 15) is 9.59 Å². The molecule has 1 fully saturated rings. The number of carbonyl (C=O) groups is 2. The number of nitrogens with one attached hydrogen (secondary N) is 1. The predicted octanol–water partition coefficient (Wildman–Crippen LogP) is 1.42. The summed E-state index contributed by atoms with van der Waals surface area (Å²) < 4.78 is 0. The first kappa shape index (κ1) is 19.4. The van der Waals surface area contributed by atoms with E-state index in [0.29, 0.717) is 13.1 Å². The number of piperazine rings is 1. The number of amides is 2. The highest BCUT2D eigenvalue weighted by molar-refractivity contribution is 5.92. The minimum Gasteiger partial charge on any atom is -0.342 e. The molecule has 0 unspecified atom stereocenters.